The molecule has 27 heavy (non-hydrogen) atoms. The monoisotopic (exact) mass is 372 g/mol. The molecule has 5 nitrogen and oxygen atoms in total. The second-order valence-electron chi connectivity index (χ2n) is 8.52. The fourth-order valence-electron chi connectivity index (χ4n) is 4.14. The molecule has 148 valence electrons. The van der Waals surface area contributed by atoms with E-state index in [0.717, 1.165) is 44.3 Å². The summed E-state index contributed by atoms with van der Waals surface area (Å²) in [7, 11) is 0. The second kappa shape index (κ2) is 8.42. The zero-order chi connectivity index (χ0) is 19.4. The normalized spacial score (nSPS) is 21.6. The molecule has 0 saturated carbocycles. The second-order valence-corrected chi connectivity index (χ2v) is 8.52. The van der Waals surface area contributed by atoms with Gasteiger partial charge in [0.15, 0.2) is 0 Å². The van der Waals surface area contributed by atoms with Crippen molar-refractivity contribution in [3.63, 3.8) is 0 Å². The Morgan fingerprint density at radius 3 is 2.67 bits per heavy atom. The summed E-state index contributed by atoms with van der Waals surface area (Å²) >= 11 is 0. The van der Waals surface area contributed by atoms with Gasteiger partial charge in [-0.2, -0.15) is 0 Å². The van der Waals surface area contributed by atoms with Gasteiger partial charge in [0, 0.05) is 31.6 Å². The summed E-state index contributed by atoms with van der Waals surface area (Å²) in [4.78, 5) is 26.6. The van der Waals surface area contributed by atoms with Crippen molar-refractivity contribution in [3.8, 4) is 0 Å². The van der Waals surface area contributed by atoms with Crippen molar-refractivity contribution in [1.29, 1.82) is 0 Å². The number of hydrogen-bond donors (Lipinski definition) is 1. The lowest BCUT2D eigenvalue weighted by Crippen LogP contribution is -2.47. The van der Waals surface area contributed by atoms with E-state index in [1.807, 2.05) is 36.1 Å². The minimum Gasteiger partial charge on any atom is -0.370 e. The maximum atomic E-state index is 12.3. The fourth-order valence-corrected chi connectivity index (χ4v) is 4.14. The van der Waals surface area contributed by atoms with Crippen LogP contribution in [0.1, 0.15) is 61.9 Å². The first-order chi connectivity index (χ1) is 12.9. The zero-order valence-electron chi connectivity index (χ0n) is 16.8. The number of aryl methyl sites for hydroxylation is 1. The number of amides is 2. The summed E-state index contributed by atoms with van der Waals surface area (Å²) < 4.78 is 6.36. The van der Waals surface area contributed by atoms with Crippen LogP contribution in [0.25, 0.3) is 0 Å². The van der Waals surface area contributed by atoms with Crippen molar-refractivity contribution >= 4 is 11.8 Å². The van der Waals surface area contributed by atoms with E-state index in [9.17, 15) is 9.59 Å². The SMILES string of the molecule is Cc1cccc(C(=O)NC[C@H]2CCC3(CCN(C(=O)CC(C)C)CC3)O2)c1. The van der Waals surface area contributed by atoms with E-state index in [2.05, 4.69) is 19.2 Å². The van der Waals surface area contributed by atoms with E-state index in [0.29, 0.717) is 24.4 Å². The molecular formula is C22H32N2O3. The third kappa shape index (κ3) is 5.10. The Balaban J connectivity index is 1.45. The van der Waals surface area contributed by atoms with Gasteiger partial charge in [-0.1, -0.05) is 31.5 Å². The number of ether oxygens (including phenoxy) is 1. The molecule has 1 spiro atoms. The number of hydrogen-bond acceptors (Lipinski definition) is 3. The molecule has 2 aliphatic heterocycles. The highest BCUT2D eigenvalue weighted by molar-refractivity contribution is 5.94. The van der Waals surface area contributed by atoms with Gasteiger partial charge in [0.05, 0.1) is 11.7 Å². The summed E-state index contributed by atoms with van der Waals surface area (Å²) in [6, 6.07) is 7.62. The Labute approximate surface area is 162 Å². The minimum atomic E-state index is -0.104. The maximum Gasteiger partial charge on any atom is 0.251 e. The molecule has 2 aliphatic rings. The van der Waals surface area contributed by atoms with Crippen LogP contribution in [0.15, 0.2) is 24.3 Å². The van der Waals surface area contributed by atoms with Crippen LogP contribution in [-0.2, 0) is 9.53 Å². The van der Waals surface area contributed by atoms with Gasteiger partial charge in [0.1, 0.15) is 0 Å². The zero-order valence-corrected chi connectivity index (χ0v) is 16.8. The molecule has 3 rings (SSSR count). The number of carbonyl (C=O) groups excluding carboxylic acids is 2. The third-order valence-corrected chi connectivity index (χ3v) is 5.72. The first-order valence-corrected chi connectivity index (χ1v) is 10.2. The van der Waals surface area contributed by atoms with Crippen LogP contribution in [0, 0.1) is 12.8 Å². The average molecular weight is 373 g/mol. The number of likely N-dealkylation sites (tertiary alicyclic amines) is 1. The lowest BCUT2D eigenvalue weighted by molar-refractivity contribution is -0.138. The molecule has 2 heterocycles. The Kier molecular flexibility index (Phi) is 6.20. The van der Waals surface area contributed by atoms with Gasteiger partial charge in [0.2, 0.25) is 5.91 Å². The molecule has 1 aromatic rings. The van der Waals surface area contributed by atoms with E-state index in [-0.39, 0.29) is 23.5 Å². The predicted molar refractivity (Wildman–Crippen MR) is 106 cm³/mol. The third-order valence-electron chi connectivity index (χ3n) is 5.72. The van der Waals surface area contributed by atoms with E-state index >= 15 is 0 Å². The molecule has 2 fully saturated rings. The van der Waals surface area contributed by atoms with Crippen molar-refractivity contribution in [2.75, 3.05) is 19.6 Å². The van der Waals surface area contributed by atoms with Crippen LogP contribution in [0.3, 0.4) is 0 Å². The summed E-state index contributed by atoms with van der Waals surface area (Å²) in [6.45, 7) is 8.27. The predicted octanol–water partition coefficient (Wildman–Crippen LogP) is 3.31. The van der Waals surface area contributed by atoms with Crippen molar-refractivity contribution in [2.45, 2.75) is 64.6 Å². The largest absolute Gasteiger partial charge is 0.370 e. The standard InChI is InChI=1S/C22H32N2O3/c1-16(2)13-20(25)24-11-9-22(10-12-24)8-7-19(27-22)15-23-21(26)18-6-4-5-17(3)14-18/h4-6,14,16,19H,7-13,15H2,1-3H3,(H,23,26)/t19-/m1/s1. The molecule has 0 unspecified atom stereocenters. The molecule has 1 aromatic carbocycles. The van der Waals surface area contributed by atoms with Crippen LogP contribution in [0.5, 0.6) is 0 Å². The van der Waals surface area contributed by atoms with Crippen LogP contribution < -0.4 is 5.32 Å². The van der Waals surface area contributed by atoms with Gasteiger partial charge in [0.25, 0.3) is 5.91 Å². The Hall–Kier alpha value is -1.88. The maximum absolute atomic E-state index is 12.3. The number of carbonyl (C=O) groups is 2. The highest BCUT2D eigenvalue weighted by atomic mass is 16.5. The molecular weight excluding hydrogens is 340 g/mol. The van der Waals surface area contributed by atoms with Gasteiger partial charge >= 0.3 is 0 Å². The Morgan fingerprint density at radius 2 is 2.00 bits per heavy atom. The fraction of sp³-hybridized carbons (Fsp3) is 0.636. The summed E-state index contributed by atoms with van der Waals surface area (Å²) in [6.07, 6.45) is 4.48. The summed E-state index contributed by atoms with van der Waals surface area (Å²) in [5.41, 5.74) is 1.67. The molecule has 5 heteroatoms. The lowest BCUT2D eigenvalue weighted by atomic mass is 9.88. The van der Waals surface area contributed by atoms with E-state index in [1.54, 1.807) is 0 Å². The highest BCUT2D eigenvalue weighted by Crippen LogP contribution is 2.38. The first kappa shape index (κ1) is 19.9. The molecule has 2 saturated heterocycles. The van der Waals surface area contributed by atoms with E-state index in [4.69, 9.17) is 4.74 Å². The smallest absolute Gasteiger partial charge is 0.251 e. The molecule has 0 aliphatic carbocycles. The number of piperidine rings is 1. The summed E-state index contributed by atoms with van der Waals surface area (Å²) in [5, 5.41) is 3.01. The van der Waals surface area contributed by atoms with Crippen LogP contribution >= 0.6 is 0 Å². The Morgan fingerprint density at radius 1 is 1.26 bits per heavy atom. The van der Waals surface area contributed by atoms with E-state index < -0.39 is 0 Å². The quantitative estimate of drug-likeness (QED) is 0.863. The van der Waals surface area contributed by atoms with E-state index in [1.165, 1.54) is 0 Å². The Bertz CT molecular complexity index is 678. The van der Waals surface area contributed by atoms with Crippen LogP contribution in [0.2, 0.25) is 0 Å². The lowest BCUT2D eigenvalue weighted by Gasteiger charge is -2.39. The molecule has 0 aromatic heterocycles. The van der Waals surface area contributed by atoms with Gasteiger partial charge in [-0.05, 0) is 50.7 Å². The van der Waals surface area contributed by atoms with Gasteiger partial charge in [-0.3, -0.25) is 9.59 Å². The van der Waals surface area contributed by atoms with Gasteiger partial charge in [-0.15, -0.1) is 0 Å². The van der Waals surface area contributed by atoms with Crippen LogP contribution in [-0.4, -0.2) is 48.1 Å². The minimum absolute atomic E-state index is 0.0441. The van der Waals surface area contributed by atoms with Crippen molar-refractivity contribution in [1.82, 2.24) is 10.2 Å². The number of nitrogens with one attached hydrogen (secondary N) is 1. The molecule has 1 N–H and O–H groups in total. The topological polar surface area (TPSA) is 58.6 Å². The molecule has 0 radical (unpaired) electrons. The van der Waals surface area contributed by atoms with Crippen molar-refractivity contribution in [3.05, 3.63) is 35.4 Å². The van der Waals surface area contributed by atoms with Gasteiger partial charge in [-0.25, -0.2) is 0 Å². The van der Waals surface area contributed by atoms with Crippen molar-refractivity contribution < 1.29 is 14.3 Å². The summed E-state index contributed by atoms with van der Waals surface area (Å²) in [5.74, 6) is 0.620. The number of rotatable bonds is 5. The highest BCUT2D eigenvalue weighted by Gasteiger charge is 2.43. The molecule has 1 atom stereocenters. The molecule has 2 amide bonds. The van der Waals surface area contributed by atoms with Crippen molar-refractivity contribution in [2.24, 2.45) is 5.92 Å². The van der Waals surface area contributed by atoms with Crippen LogP contribution in [0.4, 0.5) is 0 Å². The average Bonchev–Trinajstić information content (AvgIpc) is 3.02. The number of benzene rings is 1. The van der Waals surface area contributed by atoms with Gasteiger partial charge < -0.3 is 15.0 Å². The number of nitrogens with zero attached hydrogens (tertiary/aromatic N) is 1. The first-order valence-electron chi connectivity index (χ1n) is 10.2. The molecule has 0 bridgehead atoms.